The molecule has 2 rings (SSSR count). The van der Waals surface area contributed by atoms with Gasteiger partial charge in [-0.25, -0.2) is 4.79 Å². The van der Waals surface area contributed by atoms with Gasteiger partial charge in [-0.1, -0.05) is 17.3 Å². The number of urea groups is 1. The second-order valence-electron chi connectivity index (χ2n) is 4.31. The third kappa shape index (κ3) is 3.48. The fourth-order valence-corrected chi connectivity index (χ4v) is 1.56. The van der Waals surface area contributed by atoms with E-state index in [0.29, 0.717) is 6.04 Å². The normalized spacial score (nSPS) is 15.1. The number of benzene rings is 1. The average Bonchev–Trinajstić information content (AvgIpc) is 3.14. The van der Waals surface area contributed by atoms with Gasteiger partial charge in [0.2, 0.25) is 0 Å². The number of carbonyl (C=O) groups excluding carboxylic acids is 1. The van der Waals surface area contributed by atoms with Crippen molar-refractivity contribution < 1.29 is 9.63 Å². The van der Waals surface area contributed by atoms with Gasteiger partial charge in [-0.05, 0) is 37.5 Å². The summed E-state index contributed by atoms with van der Waals surface area (Å²) in [6, 6.07) is 7.69. The Hall–Kier alpha value is -2.04. The number of carbonyl (C=O) groups is 1. The standard InChI is InChI=1S/C13H17N3O2/c1-9(16-18-2)10-3-5-11(6-4-10)14-13(17)15-12-7-8-12/h3-6,12H,7-8H2,1-2H3,(H2,14,15,17). The van der Waals surface area contributed by atoms with Crippen LogP contribution >= 0.6 is 0 Å². The van der Waals surface area contributed by atoms with Crippen molar-refractivity contribution in [2.24, 2.45) is 5.16 Å². The minimum atomic E-state index is -0.146. The summed E-state index contributed by atoms with van der Waals surface area (Å²) in [6.07, 6.45) is 2.16. The maximum absolute atomic E-state index is 11.5. The van der Waals surface area contributed by atoms with E-state index in [9.17, 15) is 4.79 Å². The van der Waals surface area contributed by atoms with E-state index in [1.807, 2.05) is 31.2 Å². The van der Waals surface area contributed by atoms with Gasteiger partial charge < -0.3 is 15.5 Å². The Bertz CT molecular complexity index is 450. The number of rotatable bonds is 4. The lowest BCUT2D eigenvalue weighted by Gasteiger charge is -2.07. The van der Waals surface area contributed by atoms with Crippen molar-refractivity contribution in [2.45, 2.75) is 25.8 Å². The van der Waals surface area contributed by atoms with Crippen LogP contribution in [-0.4, -0.2) is 24.9 Å². The molecule has 0 atom stereocenters. The quantitative estimate of drug-likeness (QED) is 0.633. The third-order valence-electron chi connectivity index (χ3n) is 2.70. The maximum Gasteiger partial charge on any atom is 0.319 e. The Morgan fingerprint density at radius 2 is 2.00 bits per heavy atom. The summed E-state index contributed by atoms with van der Waals surface area (Å²) in [7, 11) is 1.52. The lowest BCUT2D eigenvalue weighted by molar-refractivity contribution is 0.213. The van der Waals surface area contributed by atoms with E-state index in [4.69, 9.17) is 4.84 Å². The first-order valence-electron chi connectivity index (χ1n) is 5.95. The van der Waals surface area contributed by atoms with Crippen LogP contribution in [0.1, 0.15) is 25.3 Å². The Morgan fingerprint density at radius 3 is 2.56 bits per heavy atom. The summed E-state index contributed by atoms with van der Waals surface area (Å²) < 4.78 is 0. The highest BCUT2D eigenvalue weighted by molar-refractivity contribution is 5.99. The fourth-order valence-electron chi connectivity index (χ4n) is 1.56. The van der Waals surface area contributed by atoms with Gasteiger partial charge in [0.1, 0.15) is 7.11 Å². The molecule has 1 fully saturated rings. The van der Waals surface area contributed by atoms with Gasteiger partial charge in [-0.3, -0.25) is 0 Å². The first-order chi connectivity index (χ1) is 8.69. The highest BCUT2D eigenvalue weighted by Gasteiger charge is 2.23. The molecule has 0 spiro atoms. The van der Waals surface area contributed by atoms with E-state index in [-0.39, 0.29) is 6.03 Å². The predicted molar refractivity (Wildman–Crippen MR) is 70.8 cm³/mol. The molecular formula is C13H17N3O2. The molecule has 1 aliphatic rings. The van der Waals surface area contributed by atoms with E-state index in [0.717, 1.165) is 29.8 Å². The molecular weight excluding hydrogens is 230 g/mol. The molecule has 5 nitrogen and oxygen atoms in total. The van der Waals surface area contributed by atoms with Crippen LogP contribution in [0.5, 0.6) is 0 Å². The number of hydrogen-bond acceptors (Lipinski definition) is 3. The molecule has 1 aromatic rings. The van der Waals surface area contributed by atoms with Gasteiger partial charge in [0.05, 0.1) is 5.71 Å². The fraction of sp³-hybridized carbons (Fsp3) is 0.385. The summed E-state index contributed by atoms with van der Waals surface area (Å²) in [5, 5.41) is 9.51. The molecule has 1 aromatic carbocycles. The average molecular weight is 247 g/mol. The summed E-state index contributed by atoms with van der Waals surface area (Å²) in [5.41, 5.74) is 2.53. The molecule has 0 radical (unpaired) electrons. The smallest absolute Gasteiger partial charge is 0.319 e. The summed E-state index contributed by atoms with van der Waals surface area (Å²) >= 11 is 0. The zero-order valence-electron chi connectivity index (χ0n) is 10.6. The summed E-state index contributed by atoms with van der Waals surface area (Å²) in [4.78, 5) is 16.2. The minimum Gasteiger partial charge on any atom is -0.399 e. The number of hydrogen-bond donors (Lipinski definition) is 2. The highest BCUT2D eigenvalue weighted by Crippen LogP contribution is 2.19. The highest BCUT2D eigenvalue weighted by atomic mass is 16.6. The Kier molecular flexibility index (Phi) is 3.82. The third-order valence-corrected chi connectivity index (χ3v) is 2.70. The predicted octanol–water partition coefficient (Wildman–Crippen LogP) is 2.34. The van der Waals surface area contributed by atoms with E-state index >= 15 is 0 Å². The second-order valence-corrected chi connectivity index (χ2v) is 4.31. The molecule has 18 heavy (non-hydrogen) atoms. The lowest BCUT2D eigenvalue weighted by Crippen LogP contribution is -2.30. The molecule has 0 unspecified atom stereocenters. The second kappa shape index (κ2) is 5.53. The number of nitrogens with zero attached hydrogens (tertiary/aromatic N) is 1. The molecule has 0 heterocycles. The number of nitrogens with one attached hydrogen (secondary N) is 2. The largest absolute Gasteiger partial charge is 0.399 e. The van der Waals surface area contributed by atoms with E-state index < -0.39 is 0 Å². The van der Waals surface area contributed by atoms with Crippen molar-refractivity contribution in [3.63, 3.8) is 0 Å². The summed E-state index contributed by atoms with van der Waals surface area (Å²) in [5.74, 6) is 0. The van der Waals surface area contributed by atoms with E-state index in [1.165, 1.54) is 7.11 Å². The van der Waals surface area contributed by atoms with Gasteiger partial charge in [-0.15, -0.1) is 0 Å². The lowest BCUT2D eigenvalue weighted by atomic mass is 10.1. The zero-order valence-corrected chi connectivity index (χ0v) is 10.6. The zero-order chi connectivity index (χ0) is 13.0. The van der Waals surface area contributed by atoms with Crippen molar-refractivity contribution in [1.82, 2.24) is 5.32 Å². The Balaban J connectivity index is 1.94. The van der Waals surface area contributed by atoms with Gasteiger partial charge >= 0.3 is 6.03 Å². The molecule has 1 saturated carbocycles. The van der Waals surface area contributed by atoms with E-state index in [2.05, 4.69) is 15.8 Å². The monoisotopic (exact) mass is 247 g/mol. The maximum atomic E-state index is 11.5. The molecule has 2 N–H and O–H groups in total. The van der Waals surface area contributed by atoms with Gasteiger partial charge in [-0.2, -0.15) is 0 Å². The van der Waals surface area contributed by atoms with Gasteiger partial charge in [0.25, 0.3) is 0 Å². The first-order valence-corrected chi connectivity index (χ1v) is 5.95. The van der Waals surface area contributed by atoms with Crippen LogP contribution in [0.25, 0.3) is 0 Å². The Labute approximate surface area is 106 Å². The van der Waals surface area contributed by atoms with Crippen LogP contribution < -0.4 is 10.6 Å². The molecule has 96 valence electrons. The van der Waals surface area contributed by atoms with Crippen LogP contribution in [0.4, 0.5) is 10.5 Å². The van der Waals surface area contributed by atoms with Crippen molar-refractivity contribution in [3.8, 4) is 0 Å². The van der Waals surface area contributed by atoms with Gasteiger partial charge in [0.15, 0.2) is 0 Å². The SMILES string of the molecule is CON=C(C)c1ccc(NC(=O)NC2CC2)cc1. The minimum absolute atomic E-state index is 0.146. The topological polar surface area (TPSA) is 62.7 Å². The molecule has 1 aliphatic carbocycles. The molecule has 0 aromatic heterocycles. The van der Waals surface area contributed by atoms with Crippen molar-refractivity contribution in [1.29, 1.82) is 0 Å². The molecule has 2 amide bonds. The molecule has 5 heteroatoms. The van der Waals surface area contributed by atoms with Crippen LogP contribution in [0, 0.1) is 0 Å². The van der Waals surface area contributed by atoms with E-state index in [1.54, 1.807) is 0 Å². The number of anilines is 1. The molecule has 0 bridgehead atoms. The van der Waals surface area contributed by atoms with Crippen LogP contribution in [-0.2, 0) is 4.84 Å². The van der Waals surface area contributed by atoms with Crippen LogP contribution in [0.15, 0.2) is 29.4 Å². The van der Waals surface area contributed by atoms with Crippen molar-refractivity contribution in [2.75, 3.05) is 12.4 Å². The molecule has 0 aliphatic heterocycles. The number of oxime groups is 1. The van der Waals surface area contributed by atoms with Gasteiger partial charge in [0, 0.05) is 11.7 Å². The van der Waals surface area contributed by atoms with Crippen molar-refractivity contribution >= 4 is 17.4 Å². The summed E-state index contributed by atoms with van der Waals surface area (Å²) in [6.45, 7) is 1.87. The Morgan fingerprint density at radius 1 is 1.33 bits per heavy atom. The molecule has 0 saturated heterocycles. The number of amides is 2. The van der Waals surface area contributed by atoms with Crippen LogP contribution in [0.2, 0.25) is 0 Å². The van der Waals surface area contributed by atoms with Crippen molar-refractivity contribution in [3.05, 3.63) is 29.8 Å². The first kappa shape index (κ1) is 12.4. The van der Waals surface area contributed by atoms with Crippen LogP contribution in [0.3, 0.4) is 0 Å².